The van der Waals surface area contributed by atoms with Crippen molar-refractivity contribution in [3.63, 3.8) is 0 Å². The van der Waals surface area contributed by atoms with Gasteiger partial charge in [-0.25, -0.2) is 0 Å². The van der Waals surface area contributed by atoms with Gasteiger partial charge in [0.15, 0.2) is 0 Å². The first kappa shape index (κ1) is 10.4. The number of rotatable bonds is 2. The SMILES string of the molecule is CC(C)C(N)c1cccc(O)c1Cl. The Balaban J connectivity index is 3.07. The molecule has 2 nitrogen and oxygen atoms in total. The molecule has 1 unspecified atom stereocenters. The molecular weight excluding hydrogens is 186 g/mol. The van der Waals surface area contributed by atoms with Crippen LogP contribution in [-0.2, 0) is 0 Å². The quantitative estimate of drug-likeness (QED) is 0.770. The van der Waals surface area contributed by atoms with Gasteiger partial charge in [-0.3, -0.25) is 0 Å². The van der Waals surface area contributed by atoms with Crippen LogP contribution in [0.25, 0.3) is 0 Å². The maximum atomic E-state index is 9.34. The van der Waals surface area contributed by atoms with Crippen LogP contribution in [0.1, 0.15) is 25.5 Å². The van der Waals surface area contributed by atoms with E-state index in [1.54, 1.807) is 12.1 Å². The van der Waals surface area contributed by atoms with E-state index < -0.39 is 0 Å². The highest BCUT2D eigenvalue weighted by molar-refractivity contribution is 6.32. The van der Waals surface area contributed by atoms with Gasteiger partial charge in [-0.05, 0) is 17.5 Å². The van der Waals surface area contributed by atoms with E-state index in [9.17, 15) is 5.11 Å². The number of halogens is 1. The van der Waals surface area contributed by atoms with E-state index in [0.717, 1.165) is 5.56 Å². The molecule has 0 bridgehead atoms. The molecule has 1 aromatic carbocycles. The van der Waals surface area contributed by atoms with Crippen molar-refractivity contribution in [3.05, 3.63) is 28.8 Å². The smallest absolute Gasteiger partial charge is 0.134 e. The fraction of sp³-hybridized carbons (Fsp3) is 0.400. The van der Waals surface area contributed by atoms with E-state index in [4.69, 9.17) is 17.3 Å². The lowest BCUT2D eigenvalue weighted by Crippen LogP contribution is -2.16. The van der Waals surface area contributed by atoms with Crippen LogP contribution < -0.4 is 5.73 Å². The summed E-state index contributed by atoms with van der Waals surface area (Å²) < 4.78 is 0. The second-order valence-electron chi connectivity index (χ2n) is 3.45. The zero-order valence-electron chi connectivity index (χ0n) is 7.79. The van der Waals surface area contributed by atoms with Crippen LogP contribution in [0.3, 0.4) is 0 Å². The Morgan fingerprint density at radius 2 is 2.00 bits per heavy atom. The number of phenols is 1. The summed E-state index contributed by atoms with van der Waals surface area (Å²) in [5, 5.41) is 9.71. The van der Waals surface area contributed by atoms with Gasteiger partial charge in [0.1, 0.15) is 5.75 Å². The largest absolute Gasteiger partial charge is 0.506 e. The molecule has 0 saturated heterocycles. The Kier molecular flexibility index (Phi) is 3.17. The van der Waals surface area contributed by atoms with E-state index in [-0.39, 0.29) is 11.8 Å². The lowest BCUT2D eigenvalue weighted by Gasteiger charge is -2.17. The van der Waals surface area contributed by atoms with Crippen molar-refractivity contribution in [1.29, 1.82) is 0 Å². The first-order chi connectivity index (χ1) is 6.04. The van der Waals surface area contributed by atoms with Crippen LogP contribution in [0.2, 0.25) is 5.02 Å². The Bertz CT molecular complexity index is 299. The van der Waals surface area contributed by atoms with Crippen molar-refractivity contribution in [2.45, 2.75) is 19.9 Å². The summed E-state index contributed by atoms with van der Waals surface area (Å²) in [6.07, 6.45) is 0. The van der Waals surface area contributed by atoms with Crippen molar-refractivity contribution < 1.29 is 5.11 Å². The van der Waals surface area contributed by atoms with Crippen LogP contribution >= 0.6 is 11.6 Å². The first-order valence-electron chi connectivity index (χ1n) is 4.27. The van der Waals surface area contributed by atoms with Crippen LogP contribution in [-0.4, -0.2) is 5.11 Å². The maximum absolute atomic E-state index is 9.34. The summed E-state index contributed by atoms with van der Waals surface area (Å²) in [7, 11) is 0. The van der Waals surface area contributed by atoms with E-state index >= 15 is 0 Å². The number of hydrogen-bond donors (Lipinski definition) is 2. The molecule has 1 aromatic rings. The molecule has 0 spiro atoms. The molecule has 3 heteroatoms. The third-order valence-corrected chi connectivity index (χ3v) is 2.50. The molecule has 0 radical (unpaired) electrons. The third-order valence-electron chi connectivity index (χ3n) is 2.09. The summed E-state index contributed by atoms with van der Waals surface area (Å²) in [5.74, 6) is 0.398. The molecule has 0 aromatic heterocycles. The van der Waals surface area contributed by atoms with E-state index in [2.05, 4.69) is 0 Å². The third kappa shape index (κ3) is 2.14. The summed E-state index contributed by atoms with van der Waals surface area (Å²) in [4.78, 5) is 0. The number of nitrogens with two attached hydrogens (primary N) is 1. The molecule has 0 heterocycles. The molecule has 13 heavy (non-hydrogen) atoms. The zero-order valence-corrected chi connectivity index (χ0v) is 8.55. The highest BCUT2D eigenvalue weighted by Crippen LogP contribution is 2.32. The lowest BCUT2D eigenvalue weighted by atomic mass is 9.97. The average Bonchev–Trinajstić information content (AvgIpc) is 2.08. The minimum Gasteiger partial charge on any atom is -0.506 e. The number of aromatic hydroxyl groups is 1. The van der Waals surface area contributed by atoms with Crippen LogP contribution in [0.15, 0.2) is 18.2 Å². The normalized spacial score (nSPS) is 13.3. The second-order valence-corrected chi connectivity index (χ2v) is 3.83. The van der Waals surface area contributed by atoms with Crippen molar-refractivity contribution in [3.8, 4) is 5.75 Å². The molecule has 0 amide bonds. The summed E-state index contributed by atoms with van der Waals surface area (Å²) in [6.45, 7) is 4.04. The minimum absolute atomic E-state index is 0.0928. The van der Waals surface area contributed by atoms with Gasteiger partial charge in [-0.1, -0.05) is 37.6 Å². The van der Waals surface area contributed by atoms with E-state index in [1.165, 1.54) is 0 Å². The number of phenolic OH excluding ortho intramolecular Hbond substituents is 1. The van der Waals surface area contributed by atoms with Gasteiger partial charge in [-0.15, -0.1) is 0 Å². The molecule has 1 atom stereocenters. The van der Waals surface area contributed by atoms with Gasteiger partial charge >= 0.3 is 0 Å². The minimum atomic E-state index is -0.125. The van der Waals surface area contributed by atoms with Crippen molar-refractivity contribution >= 4 is 11.6 Å². The topological polar surface area (TPSA) is 46.2 Å². The van der Waals surface area contributed by atoms with Gasteiger partial charge in [0.2, 0.25) is 0 Å². The second kappa shape index (κ2) is 3.99. The number of hydrogen-bond acceptors (Lipinski definition) is 2. The Hall–Kier alpha value is -0.730. The molecule has 0 fully saturated rings. The van der Waals surface area contributed by atoms with Crippen LogP contribution in [0.5, 0.6) is 5.75 Å². The lowest BCUT2D eigenvalue weighted by molar-refractivity contribution is 0.469. The zero-order chi connectivity index (χ0) is 10.0. The fourth-order valence-corrected chi connectivity index (χ4v) is 1.41. The summed E-state index contributed by atoms with van der Waals surface area (Å²) >= 11 is 5.90. The summed E-state index contributed by atoms with van der Waals surface area (Å²) in [5.41, 5.74) is 6.71. The predicted molar refractivity (Wildman–Crippen MR) is 54.9 cm³/mol. The molecule has 0 aliphatic carbocycles. The average molecular weight is 200 g/mol. The highest BCUT2D eigenvalue weighted by atomic mass is 35.5. The Morgan fingerprint density at radius 1 is 1.38 bits per heavy atom. The molecule has 0 saturated carbocycles. The van der Waals surface area contributed by atoms with Gasteiger partial charge < -0.3 is 10.8 Å². The molecule has 0 aliphatic rings. The van der Waals surface area contributed by atoms with E-state index in [0.29, 0.717) is 10.9 Å². The highest BCUT2D eigenvalue weighted by Gasteiger charge is 2.15. The van der Waals surface area contributed by atoms with E-state index in [1.807, 2.05) is 19.9 Å². The molecule has 1 rings (SSSR count). The van der Waals surface area contributed by atoms with Gasteiger partial charge in [0.05, 0.1) is 5.02 Å². The Morgan fingerprint density at radius 3 is 2.54 bits per heavy atom. The van der Waals surface area contributed by atoms with Crippen LogP contribution in [0.4, 0.5) is 0 Å². The Labute approximate surface area is 83.3 Å². The molecule has 0 aliphatic heterocycles. The van der Waals surface area contributed by atoms with Gasteiger partial charge in [0, 0.05) is 6.04 Å². The van der Waals surface area contributed by atoms with Crippen molar-refractivity contribution in [2.75, 3.05) is 0 Å². The van der Waals surface area contributed by atoms with Crippen molar-refractivity contribution in [2.24, 2.45) is 11.7 Å². The van der Waals surface area contributed by atoms with Crippen molar-refractivity contribution in [1.82, 2.24) is 0 Å². The molecule has 72 valence electrons. The summed E-state index contributed by atoms with van der Waals surface area (Å²) in [6, 6.07) is 5.02. The van der Waals surface area contributed by atoms with Crippen LogP contribution in [0, 0.1) is 5.92 Å². The first-order valence-corrected chi connectivity index (χ1v) is 4.64. The molecule has 3 N–H and O–H groups in total. The molecular formula is C10H14ClNO. The van der Waals surface area contributed by atoms with Gasteiger partial charge in [0.25, 0.3) is 0 Å². The maximum Gasteiger partial charge on any atom is 0.134 e. The monoisotopic (exact) mass is 199 g/mol. The standard InChI is InChI=1S/C10H14ClNO/c1-6(2)10(12)7-4-3-5-8(13)9(7)11/h3-6,10,13H,12H2,1-2H3. The number of benzene rings is 1. The fourth-order valence-electron chi connectivity index (χ4n) is 1.15. The predicted octanol–water partition coefficient (Wildman–Crippen LogP) is 2.70. The van der Waals surface area contributed by atoms with Gasteiger partial charge in [-0.2, -0.15) is 0 Å².